The second-order valence-electron chi connectivity index (χ2n) is 3.17. The first kappa shape index (κ1) is 5.92. The summed E-state index contributed by atoms with van der Waals surface area (Å²) in [7, 11) is 0.873. The molecule has 3 heterocycles. The Morgan fingerprint density at radius 1 is 1.30 bits per heavy atom. The van der Waals surface area contributed by atoms with E-state index in [0.29, 0.717) is 15.2 Å². The maximum absolute atomic E-state index is 2.54. The van der Waals surface area contributed by atoms with Crippen LogP contribution in [0.2, 0.25) is 0 Å². The molecule has 0 aromatic heterocycles. The molecule has 0 aromatic rings. The molecular formula is C8H10P2. The van der Waals surface area contributed by atoms with Crippen molar-refractivity contribution in [3.8, 4) is 0 Å². The summed E-state index contributed by atoms with van der Waals surface area (Å²) >= 11 is 0. The number of hydrogen-bond acceptors (Lipinski definition) is 0. The maximum atomic E-state index is 2.54. The molecule has 3 rings (SSSR count). The molecule has 0 spiro atoms. The third-order valence-electron chi connectivity index (χ3n) is 2.64. The first-order chi connectivity index (χ1) is 4.95. The number of hydrogen-bond donors (Lipinski definition) is 0. The summed E-state index contributed by atoms with van der Waals surface area (Å²) in [5.74, 6) is 3.52. The fraction of sp³-hybridized carbons (Fsp3) is 0.500. The van der Waals surface area contributed by atoms with Crippen molar-refractivity contribution < 1.29 is 0 Å². The molecule has 52 valence electrons. The lowest BCUT2D eigenvalue weighted by atomic mass is 10.1. The summed E-state index contributed by atoms with van der Waals surface area (Å²) in [6, 6.07) is 0. The molecule has 2 unspecified atom stereocenters. The highest BCUT2D eigenvalue weighted by Gasteiger charge is 2.43. The molecule has 3 aliphatic heterocycles. The molecule has 0 saturated carbocycles. The number of fused-ring (bicyclic) bond motifs is 5. The van der Waals surface area contributed by atoms with Gasteiger partial charge in [-0.3, -0.25) is 0 Å². The summed E-state index contributed by atoms with van der Waals surface area (Å²) in [6.07, 6.45) is 10.4. The Morgan fingerprint density at radius 2 is 2.30 bits per heavy atom. The lowest BCUT2D eigenvalue weighted by Gasteiger charge is -2.19. The average Bonchev–Trinajstić information content (AvgIpc) is 2.60. The van der Waals surface area contributed by atoms with E-state index in [4.69, 9.17) is 0 Å². The Hall–Kier alpha value is 0.340. The van der Waals surface area contributed by atoms with Crippen molar-refractivity contribution >= 4 is 15.2 Å². The molecule has 0 nitrogen and oxygen atoms in total. The zero-order valence-corrected chi connectivity index (χ0v) is 7.56. The van der Waals surface area contributed by atoms with E-state index in [-0.39, 0.29) is 0 Å². The third kappa shape index (κ3) is 0.601. The average molecular weight is 168 g/mol. The molecule has 0 radical (unpaired) electrons. The van der Waals surface area contributed by atoms with Gasteiger partial charge in [0.05, 0.1) is 0 Å². The van der Waals surface area contributed by atoms with Gasteiger partial charge in [0.1, 0.15) is 0 Å². The topological polar surface area (TPSA) is 0 Å². The Bertz CT molecular complexity index is 219. The van der Waals surface area contributed by atoms with Crippen LogP contribution >= 0.6 is 15.2 Å². The summed E-state index contributed by atoms with van der Waals surface area (Å²) < 4.78 is 0. The van der Waals surface area contributed by atoms with Gasteiger partial charge in [0.15, 0.2) is 0 Å². The van der Waals surface area contributed by atoms with Crippen LogP contribution in [0, 0.1) is 5.92 Å². The minimum Gasteiger partial charge on any atom is -0.0832 e. The first-order valence-corrected chi connectivity index (χ1v) is 7.73. The van der Waals surface area contributed by atoms with Gasteiger partial charge < -0.3 is 0 Å². The first-order valence-electron chi connectivity index (χ1n) is 3.83. The molecule has 0 aromatic carbocycles. The fourth-order valence-electron chi connectivity index (χ4n) is 2.13. The van der Waals surface area contributed by atoms with E-state index in [0.717, 1.165) is 11.6 Å². The minimum atomic E-state index is 0.413. The lowest BCUT2D eigenvalue weighted by Crippen LogP contribution is -2.06. The van der Waals surface area contributed by atoms with Crippen molar-refractivity contribution in [2.24, 2.45) is 5.92 Å². The molecule has 2 bridgehead atoms. The van der Waals surface area contributed by atoms with Crippen LogP contribution in [0.15, 0.2) is 24.0 Å². The lowest BCUT2D eigenvalue weighted by molar-refractivity contribution is 0.791. The maximum Gasteiger partial charge on any atom is 0.00812 e. The SMILES string of the molecule is C1=C[C@H]2[C@H]3C=CP(C3)P2C1. The van der Waals surface area contributed by atoms with Crippen molar-refractivity contribution in [2.75, 3.05) is 12.3 Å². The van der Waals surface area contributed by atoms with Gasteiger partial charge >= 0.3 is 0 Å². The quantitative estimate of drug-likeness (QED) is 0.385. The van der Waals surface area contributed by atoms with Gasteiger partial charge in [-0.25, -0.2) is 0 Å². The van der Waals surface area contributed by atoms with Gasteiger partial charge in [0, 0.05) is 5.66 Å². The van der Waals surface area contributed by atoms with Gasteiger partial charge in [-0.1, -0.05) is 39.3 Å². The van der Waals surface area contributed by atoms with Crippen molar-refractivity contribution in [1.29, 1.82) is 0 Å². The summed E-state index contributed by atoms with van der Waals surface area (Å²) in [6.45, 7) is 0. The van der Waals surface area contributed by atoms with Crippen molar-refractivity contribution in [3.05, 3.63) is 24.0 Å². The predicted molar refractivity (Wildman–Crippen MR) is 49.1 cm³/mol. The van der Waals surface area contributed by atoms with Gasteiger partial charge in [-0.05, 0) is 18.2 Å². The van der Waals surface area contributed by atoms with Gasteiger partial charge in [0.25, 0.3) is 0 Å². The monoisotopic (exact) mass is 168 g/mol. The van der Waals surface area contributed by atoms with Crippen molar-refractivity contribution in [3.63, 3.8) is 0 Å². The number of allylic oxidation sites excluding steroid dienone is 3. The Kier molecular flexibility index (Phi) is 1.14. The third-order valence-corrected chi connectivity index (χ3v) is 10.6. The normalized spacial score (nSPS) is 54.4. The second-order valence-corrected chi connectivity index (χ2v) is 9.63. The molecule has 1 saturated heterocycles. The smallest absolute Gasteiger partial charge is 0.00812 e. The van der Waals surface area contributed by atoms with E-state index in [1.165, 1.54) is 6.16 Å². The van der Waals surface area contributed by atoms with Gasteiger partial charge in [-0.15, -0.1) is 0 Å². The predicted octanol–water partition coefficient (Wildman–Crippen LogP) is 2.96. The molecule has 1 fully saturated rings. The summed E-state index contributed by atoms with van der Waals surface area (Å²) in [4.78, 5) is 0. The number of rotatable bonds is 0. The van der Waals surface area contributed by atoms with Crippen LogP contribution in [0.4, 0.5) is 0 Å². The van der Waals surface area contributed by atoms with E-state index in [9.17, 15) is 0 Å². The minimum absolute atomic E-state index is 0.413. The van der Waals surface area contributed by atoms with Crippen LogP contribution in [-0.4, -0.2) is 18.0 Å². The molecule has 4 atom stereocenters. The van der Waals surface area contributed by atoms with Crippen molar-refractivity contribution in [2.45, 2.75) is 5.66 Å². The van der Waals surface area contributed by atoms with Crippen LogP contribution in [0.25, 0.3) is 0 Å². The zero-order chi connectivity index (χ0) is 6.55. The molecule has 0 amide bonds. The van der Waals surface area contributed by atoms with Crippen molar-refractivity contribution in [1.82, 2.24) is 0 Å². The van der Waals surface area contributed by atoms with Crippen LogP contribution in [-0.2, 0) is 0 Å². The fourth-order valence-corrected chi connectivity index (χ4v) is 10.7. The zero-order valence-electron chi connectivity index (χ0n) is 5.77. The van der Waals surface area contributed by atoms with E-state index in [1.54, 1.807) is 6.16 Å². The molecule has 3 aliphatic rings. The van der Waals surface area contributed by atoms with E-state index < -0.39 is 0 Å². The molecular weight excluding hydrogens is 158 g/mol. The standard InChI is InChI=1S/C8H10P2/c1-2-8-7-3-5-9(6-7)10(8)4-1/h1-3,5,7-8H,4,6H2/t7-,8-,9?,10?/m0/s1. The highest BCUT2D eigenvalue weighted by molar-refractivity contribution is 8.32. The van der Waals surface area contributed by atoms with E-state index in [2.05, 4.69) is 24.0 Å². The molecule has 2 heteroatoms. The summed E-state index contributed by atoms with van der Waals surface area (Å²) in [5.41, 5.74) is 1.03. The Labute approximate surface area is 63.8 Å². The molecule has 10 heavy (non-hydrogen) atoms. The van der Waals surface area contributed by atoms with Crippen LogP contribution in [0.3, 0.4) is 0 Å². The summed E-state index contributed by atoms with van der Waals surface area (Å²) in [5, 5.41) is 0. The highest BCUT2D eigenvalue weighted by Crippen LogP contribution is 2.83. The Balaban J connectivity index is 2.04. The van der Waals surface area contributed by atoms with Gasteiger partial charge in [0.2, 0.25) is 0 Å². The highest BCUT2D eigenvalue weighted by atomic mass is 32.1. The van der Waals surface area contributed by atoms with Crippen LogP contribution in [0.1, 0.15) is 0 Å². The molecule has 0 aliphatic carbocycles. The second kappa shape index (κ2) is 1.93. The van der Waals surface area contributed by atoms with E-state index >= 15 is 0 Å². The molecule has 0 N–H and O–H groups in total. The van der Waals surface area contributed by atoms with Crippen LogP contribution < -0.4 is 0 Å². The van der Waals surface area contributed by atoms with E-state index in [1.807, 2.05) is 0 Å². The van der Waals surface area contributed by atoms with Gasteiger partial charge in [-0.2, -0.15) is 0 Å². The van der Waals surface area contributed by atoms with Crippen LogP contribution in [0.5, 0.6) is 0 Å². The Morgan fingerprint density at radius 3 is 3.20 bits per heavy atom. The largest absolute Gasteiger partial charge is 0.0832 e.